The minimum Gasteiger partial charge on any atom is -0.335 e. The van der Waals surface area contributed by atoms with Crippen molar-refractivity contribution in [2.75, 3.05) is 10.6 Å². The molecule has 0 bridgehead atoms. The number of anilines is 2. The maximum atomic E-state index is 14.2. The summed E-state index contributed by atoms with van der Waals surface area (Å²) in [6.45, 7) is 3.00. The van der Waals surface area contributed by atoms with Gasteiger partial charge < -0.3 is 10.6 Å². The summed E-state index contributed by atoms with van der Waals surface area (Å²) in [5, 5.41) is 3.64. The number of nitrogens with zero attached hydrogens (tertiary/aromatic N) is 1. The van der Waals surface area contributed by atoms with Crippen LogP contribution in [0.1, 0.15) is 21.6 Å². The fraction of sp³-hybridized carbons (Fsp3) is 0.211. The Bertz CT molecular complexity index is 1140. The molecule has 0 radical (unpaired) electrons. The quantitative estimate of drug-likeness (QED) is 0.275. The molecular weight excluding hydrogens is 511 g/mol. The molecule has 1 aromatic heterocycles. The molecule has 16 heteroatoms. The van der Waals surface area contributed by atoms with E-state index in [1.54, 1.807) is 5.32 Å². The number of alkyl halides is 10. The molecule has 1 heterocycles. The maximum Gasteiger partial charge on any atom is 0.435 e. The third kappa shape index (κ3) is 5.68. The van der Waals surface area contributed by atoms with Crippen molar-refractivity contribution in [1.82, 2.24) is 4.98 Å². The number of allylic oxidation sites excluding steroid dienone is 1. The molecule has 0 aliphatic carbocycles. The zero-order valence-corrected chi connectivity index (χ0v) is 16.6. The van der Waals surface area contributed by atoms with Gasteiger partial charge in [0.2, 0.25) is 0 Å². The van der Waals surface area contributed by atoms with Crippen molar-refractivity contribution in [2.24, 2.45) is 0 Å². The second-order valence-electron chi connectivity index (χ2n) is 6.65. The molecule has 0 spiro atoms. The van der Waals surface area contributed by atoms with Gasteiger partial charge in [0.1, 0.15) is 17.2 Å². The van der Waals surface area contributed by atoms with Crippen molar-refractivity contribution < 1.29 is 57.9 Å². The van der Waals surface area contributed by atoms with Gasteiger partial charge in [0, 0.05) is 5.56 Å². The summed E-state index contributed by atoms with van der Waals surface area (Å²) in [6, 6.07) is 0.162. The number of aromatic nitrogens is 1. The standard InChI is InChI=1S/C19H10F11N3O2/c1-8(14(20)34)31-13-4-2-3-12(32-13)15(35)33-11-6-5-9(7-10(11)17(22,23)24)16(21,18(25,26)27)19(28,29)30/h2-7H,1H2,(H,31,32)(H,33,35). The molecule has 190 valence electrons. The predicted molar refractivity (Wildman–Crippen MR) is 97.4 cm³/mol. The van der Waals surface area contributed by atoms with E-state index in [1.807, 2.05) is 5.32 Å². The number of pyridine rings is 1. The van der Waals surface area contributed by atoms with E-state index in [1.165, 1.54) is 0 Å². The fourth-order valence-corrected chi connectivity index (χ4v) is 2.61. The van der Waals surface area contributed by atoms with Gasteiger partial charge in [-0.05, 0) is 24.3 Å². The van der Waals surface area contributed by atoms with Crippen LogP contribution < -0.4 is 10.6 Å². The molecule has 0 aliphatic heterocycles. The van der Waals surface area contributed by atoms with Gasteiger partial charge in [-0.3, -0.25) is 9.59 Å². The lowest BCUT2D eigenvalue weighted by Gasteiger charge is -2.31. The minimum absolute atomic E-state index is 0.00752. The lowest BCUT2D eigenvalue weighted by Crippen LogP contribution is -2.50. The van der Waals surface area contributed by atoms with Crippen molar-refractivity contribution in [3.8, 4) is 0 Å². The molecule has 5 nitrogen and oxygen atoms in total. The lowest BCUT2D eigenvalue weighted by molar-refractivity contribution is -0.348. The Balaban J connectivity index is 2.50. The highest BCUT2D eigenvalue weighted by molar-refractivity contribution is 6.03. The fourth-order valence-electron chi connectivity index (χ4n) is 2.61. The third-order valence-corrected chi connectivity index (χ3v) is 4.25. The molecule has 2 N–H and O–H groups in total. The molecule has 0 atom stereocenters. The third-order valence-electron chi connectivity index (χ3n) is 4.25. The molecule has 0 saturated carbocycles. The van der Waals surface area contributed by atoms with E-state index >= 15 is 0 Å². The topological polar surface area (TPSA) is 71.1 Å². The summed E-state index contributed by atoms with van der Waals surface area (Å²) >= 11 is 0. The van der Waals surface area contributed by atoms with Crippen LogP contribution in [0.5, 0.6) is 0 Å². The van der Waals surface area contributed by atoms with Crippen LogP contribution in [0.3, 0.4) is 0 Å². The number of benzene rings is 1. The number of carbonyl (C=O) groups excluding carboxylic acids is 2. The first-order valence-electron chi connectivity index (χ1n) is 8.77. The summed E-state index contributed by atoms with van der Waals surface area (Å²) in [4.78, 5) is 26.4. The maximum absolute atomic E-state index is 14.2. The van der Waals surface area contributed by atoms with Crippen LogP contribution in [0.25, 0.3) is 0 Å². The van der Waals surface area contributed by atoms with Crippen molar-refractivity contribution >= 4 is 23.4 Å². The Morgan fingerprint density at radius 3 is 1.89 bits per heavy atom. The van der Waals surface area contributed by atoms with E-state index in [9.17, 15) is 57.9 Å². The van der Waals surface area contributed by atoms with Gasteiger partial charge in [0.15, 0.2) is 0 Å². The predicted octanol–water partition coefficient (Wildman–Crippen LogP) is 6.06. The van der Waals surface area contributed by atoms with E-state index < -0.39 is 70.4 Å². The summed E-state index contributed by atoms with van der Waals surface area (Å²) < 4.78 is 144. The summed E-state index contributed by atoms with van der Waals surface area (Å²) in [5.41, 5.74) is -13.6. The Kier molecular flexibility index (Phi) is 7.19. The number of hydrogen-bond donors (Lipinski definition) is 2. The highest BCUT2D eigenvalue weighted by Crippen LogP contribution is 2.54. The van der Waals surface area contributed by atoms with Crippen LogP contribution in [0.15, 0.2) is 48.7 Å². The van der Waals surface area contributed by atoms with Crippen LogP contribution in [0.4, 0.5) is 59.8 Å². The zero-order chi connectivity index (χ0) is 27.0. The average molecular weight is 521 g/mol. The Morgan fingerprint density at radius 2 is 1.40 bits per heavy atom. The molecule has 0 fully saturated rings. The first-order valence-corrected chi connectivity index (χ1v) is 8.77. The normalized spacial score (nSPS) is 12.8. The van der Waals surface area contributed by atoms with E-state index in [0.717, 1.165) is 18.2 Å². The number of carbonyl (C=O) groups is 2. The molecule has 1 aromatic carbocycles. The highest BCUT2D eigenvalue weighted by Gasteiger charge is 2.73. The van der Waals surface area contributed by atoms with Gasteiger partial charge >= 0.3 is 30.2 Å². The molecule has 2 rings (SSSR count). The first kappa shape index (κ1) is 27.5. The average Bonchev–Trinajstić information content (AvgIpc) is 2.71. The number of rotatable bonds is 6. The van der Waals surface area contributed by atoms with Crippen molar-refractivity contribution in [1.29, 1.82) is 0 Å². The SMILES string of the molecule is C=C(Nc1cccc(C(=O)Nc2ccc(C(F)(C(F)(F)F)C(F)(F)F)cc2C(F)(F)F)n1)C(=O)F. The van der Waals surface area contributed by atoms with Crippen molar-refractivity contribution in [2.45, 2.75) is 24.2 Å². The van der Waals surface area contributed by atoms with E-state index in [2.05, 4.69) is 11.6 Å². The summed E-state index contributed by atoms with van der Waals surface area (Å²) in [6.07, 6.45) is -19.0. The zero-order valence-electron chi connectivity index (χ0n) is 16.6. The van der Waals surface area contributed by atoms with Gasteiger partial charge in [-0.25, -0.2) is 9.37 Å². The number of hydrogen-bond acceptors (Lipinski definition) is 4. The summed E-state index contributed by atoms with van der Waals surface area (Å²) in [7, 11) is 0. The first-order chi connectivity index (χ1) is 15.8. The number of nitrogens with one attached hydrogen (secondary N) is 2. The van der Waals surface area contributed by atoms with E-state index in [4.69, 9.17) is 0 Å². The Labute approximate surface area is 187 Å². The smallest absolute Gasteiger partial charge is 0.335 e. The van der Waals surface area contributed by atoms with E-state index in [-0.39, 0.29) is 18.0 Å². The Morgan fingerprint density at radius 1 is 0.829 bits per heavy atom. The van der Waals surface area contributed by atoms with Gasteiger partial charge in [0.25, 0.3) is 5.91 Å². The monoisotopic (exact) mass is 521 g/mol. The van der Waals surface area contributed by atoms with Crippen LogP contribution in [-0.4, -0.2) is 29.3 Å². The number of halogens is 11. The second-order valence-corrected chi connectivity index (χ2v) is 6.65. The van der Waals surface area contributed by atoms with Crippen LogP contribution in [0.2, 0.25) is 0 Å². The molecule has 0 unspecified atom stereocenters. The van der Waals surface area contributed by atoms with Gasteiger partial charge in [-0.1, -0.05) is 18.7 Å². The van der Waals surface area contributed by atoms with Gasteiger partial charge in [-0.2, -0.15) is 43.9 Å². The molecule has 0 saturated heterocycles. The second kappa shape index (κ2) is 9.14. The number of amides is 1. The minimum atomic E-state index is -6.67. The molecule has 35 heavy (non-hydrogen) atoms. The van der Waals surface area contributed by atoms with Crippen molar-refractivity contribution in [3.63, 3.8) is 0 Å². The Hall–Kier alpha value is -3.72. The molecule has 1 amide bonds. The molecule has 0 aliphatic rings. The van der Waals surface area contributed by atoms with Crippen LogP contribution >= 0.6 is 0 Å². The highest BCUT2D eigenvalue weighted by atomic mass is 19.4. The molecular formula is C19H10F11N3O2. The lowest BCUT2D eigenvalue weighted by atomic mass is 9.92. The van der Waals surface area contributed by atoms with Crippen molar-refractivity contribution in [3.05, 3.63) is 65.5 Å². The molecule has 2 aromatic rings. The largest absolute Gasteiger partial charge is 0.435 e. The van der Waals surface area contributed by atoms with Crippen LogP contribution in [-0.2, 0) is 16.6 Å². The van der Waals surface area contributed by atoms with Crippen LogP contribution in [0, 0.1) is 0 Å². The van der Waals surface area contributed by atoms with Gasteiger partial charge in [-0.15, -0.1) is 0 Å². The summed E-state index contributed by atoms with van der Waals surface area (Å²) in [5.74, 6) is -1.81. The van der Waals surface area contributed by atoms with E-state index in [0.29, 0.717) is 0 Å². The van der Waals surface area contributed by atoms with Gasteiger partial charge in [0.05, 0.1) is 11.3 Å².